The zero-order valence-corrected chi connectivity index (χ0v) is 18.5. The first-order chi connectivity index (χ1) is 14.7. The van der Waals surface area contributed by atoms with E-state index in [1.807, 2.05) is 0 Å². The van der Waals surface area contributed by atoms with Crippen LogP contribution in [0.15, 0.2) is 30.3 Å². The van der Waals surface area contributed by atoms with E-state index in [-0.39, 0.29) is 11.5 Å². The van der Waals surface area contributed by atoms with E-state index in [2.05, 4.69) is 4.74 Å². The average Bonchev–Trinajstić information content (AvgIpc) is 2.72. The molecule has 1 unspecified atom stereocenters. The SMILES string of the molecule is COC(=O)CCCCCCCCCC(C)OC(=O)[C@@](OC)(c1ccccc1)C(F)(F)F. The summed E-state index contributed by atoms with van der Waals surface area (Å²) in [5.74, 6) is -1.65. The summed E-state index contributed by atoms with van der Waals surface area (Å²) in [6.45, 7) is 1.59. The van der Waals surface area contributed by atoms with Gasteiger partial charge >= 0.3 is 18.1 Å². The standard InChI is InChI=1S/C23H33F3O5/c1-18(14-10-7-5-4-6-8-13-17-20(27)29-2)31-21(28)22(30-3,23(24,25)26)19-15-11-9-12-16-19/h9,11-12,15-16,18H,4-8,10,13-14,17H2,1-3H3/t18?,22-/m0/s1. The Kier molecular flexibility index (Phi) is 11.6. The lowest BCUT2D eigenvalue weighted by atomic mass is 9.92. The molecule has 1 aromatic carbocycles. The molecule has 1 aromatic rings. The first-order valence-electron chi connectivity index (χ1n) is 10.6. The van der Waals surface area contributed by atoms with Crippen LogP contribution in [0.2, 0.25) is 0 Å². The smallest absolute Gasteiger partial charge is 0.432 e. The summed E-state index contributed by atoms with van der Waals surface area (Å²) in [6, 6.07) is 6.80. The lowest BCUT2D eigenvalue weighted by molar-refractivity contribution is -0.278. The summed E-state index contributed by atoms with van der Waals surface area (Å²) < 4.78 is 56.0. The van der Waals surface area contributed by atoms with Gasteiger partial charge in [0.25, 0.3) is 5.60 Å². The number of benzene rings is 1. The second-order valence-corrected chi connectivity index (χ2v) is 7.55. The van der Waals surface area contributed by atoms with E-state index >= 15 is 0 Å². The number of unbranched alkanes of at least 4 members (excludes halogenated alkanes) is 6. The zero-order chi connectivity index (χ0) is 23.3. The fourth-order valence-electron chi connectivity index (χ4n) is 3.40. The molecule has 0 aliphatic rings. The minimum absolute atomic E-state index is 0.196. The predicted octanol–water partition coefficient (Wildman–Crippen LogP) is 5.71. The highest BCUT2D eigenvalue weighted by atomic mass is 19.4. The van der Waals surface area contributed by atoms with Crippen molar-refractivity contribution < 1.29 is 37.0 Å². The van der Waals surface area contributed by atoms with Gasteiger partial charge in [-0.25, -0.2) is 4.79 Å². The molecule has 31 heavy (non-hydrogen) atoms. The number of rotatable bonds is 14. The molecule has 2 atom stereocenters. The lowest BCUT2D eigenvalue weighted by Gasteiger charge is -2.33. The maximum atomic E-state index is 13.9. The van der Waals surface area contributed by atoms with Crippen molar-refractivity contribution in [1.29, 1.82) is 0 Å². The molecular weight excluding hydrogens is 413 g/mol. The predicted molar refractivity (Wildman–Crippen MR) is 110 cm³/mol. The van der Waals surface area contributed by atoms with Crippen molar-refractivity contribution in [3.63, 3.8) is 0 Å². The van der Waals surface area contributed by atoms with Gasteiger partial charge in [0.2, 0.25) is 0 Å². The lowest BCUT2D eigenvalue weighted by Crippen LogP contribution is -2.52. The minimum atomic E-state index is -4.96. The van der Waals surface area contributed by atoms with Crippen LogP contribution in [0.3, 0.4) is 0 Å². The van der Waals surface area contributed by atoms with Gasteiger partial charge in [-0.15, -0.1) is 0 Å². The van der Waals surface area contributed by atoms with E-state index in [4.69, 9.17) is 9.47 Å². The summed E-state index contributed by atoms with van der Waals surface area (Å²) >= 11 is 0. The molecule has 0 radical (unpaired) electrons. The molecule has 0 aromatic heterocycles. The van der Waals surface area contributed by atoms with Gasteiger partial charge in [-0.05, 0) is 26.2 Å². The Morgan fingerprint density at radius 2 is 1.45 bits per heavy atom. The number of esters is 2. The molecule has 0 aliphatic heterocycles. The number of carbonyl (C=O) groups excluding carboxylic acids is 2. The van der Waals surface area contributed by atoms with Gasteiger partial charge in [0, 0.05) is 19.1 Å². The van der Waals surface area contributed by atoms with Gasteiger partial charge in [-0.2, -0.15) is 13.2 Å². The Labute approximate surface area is 182 Å². The molecule has 0 aliphatic carbocycles. The van der Waals surface area contributed by atoms with Crippen LogP contribution in [0.1, 0.15) is 70.3 Å². The number of ether oxygens (including phenoxy) is 3. The second kappa shape index (κ2) is 13.3. The molecule has 0 bridgehead atoms. The molecule has 0 saturated heterocycles. The highest BCUT2D eigenvalue weighted by Crippen LogP contribution is 2.43. The van der Waals surface area contributed by atoms with Crippen LogP contribution in [0.25, 0.3) is 0 Å². The van der Waals surface area contributed by atoms with Crippen LogP contribution in [0, 0.1) is 0 Å². The molecule has 5 nitrogen and oxygen atoms in total. The normalized spacial score (nSPS) is 14.5. The summed E-state index contributed by atoms with van der Waals surface area (Å²) in [5, 5.41) is 0. The second-order valence-electron chi connectivity index (χ2n) is 7.55. The van der Waals surface area contributed by atoms with Crippen molar-refractivity contribution in [2.24, 2.45) is 0 Å². The molecule has 0 N–H and O–H groups in total. The monoisotopic (exact) mass is 446 g/mol. The molecule has 0 spiro atoms. The number of methoxy groups -OCH3 is 2. The number of halogens is 3. The number of carbonyl (C=O) groups is 2. The van der Waals surface area contributed by atoms with E-state index in [9.17, 15) is 22.8 Å². The average molecular weight is 447 g/mol. The quantitative estimate of drug-likeness (QED) is 0.271. The van der Waals surface area contributed by atoms with Crippen molar-refractivity contribution in [2.75, 3.05) is 14.2 Å². The summed E-state index contributed by atoms with van der Waals surface area (Å²) in [6.07, 6.45) is 1.70. The van der Waals surface area contributed by atoms with Crippen molar-refractivity contribution in [1.82, 2.24) is 0 Å². The fraction of sp³-hybridized carbons (Fsp3) is 0.652. The first-order valence-corrected chi connectivity index (χ1v) is 10.6. The molecule has 8 heteroatoms. The largest absolute Gasteiger partial charge is 0.469 e. The first kappa shape index (κ1) is 26.9. The van der Waals surface area contributed by atoms with Gasteiger partial charge in [0.1, 0.15) is 0 Å². The number of hydrogen-bond donors (Lipinski definition) is 0. The van der Waals surface area contributed by atoms with E-state index in [1.165, 1.54) is 31.4 Å². The maximum absolute atomic E-state index is 13.9. The van der Waals surface area contributed by atoms with Crippen molar-refractivity contribution in [3.8, 4) is 0 Å². The Balaban J connectivity index is 2.44. The zero-order valence-electron chi connectivity index (χ0n) is 18.5. The third-order valence-electron chi connectivity index (χ3n) is 5.20. The minimum Gasteiger partial charge on any atom is -0.469 e. The van der Waals surface area contributed by atoms with E-state index < -0.39 is 23.9 Å². The molecular formula is C23H33F3O5. The molecule has 176 valence electrons. The van der Waals surface area contributed by atoms with Crippen molar-refractivity contribution in [3.05, 3.63) is 35.9 Å². The van der Waals surface area contributed by atoms with Crippen LogP contribution < -0.4 is 0 Å². The number of hydrogen-bond acceptors (Lipinski definition) is 5. The van der Waals surface area contributed by atoms with Gasteiger partial charge in [-0.3, -0.25) is 4.79 Å². The molecule has 0 heterocycles. The third kappa shape index (κ3) is 8.16. The van der Waals surface area contributed by atoms with Crippen LogP contribution in [0.4, 0.5) is 13.2 Å². The van der Waals surface area contributed by atoms with Crippen LogP contribution in [-0.2, 0) is 29.4 Å². The highest BCUT2D eigenvalue weighted by molar-refractivity contribution is 5.82. The Bertz CT molecular complexity index is 663. The topological polar surface area (TPSA) is 61.8 Å². The van der Waals surface area contributed by atoms with Gasteiger partial charge in [-0.1, -0.05) is 62.4 Å². The molecule has 0 fully saturated rings. The summed E-state index contributed by atoms with van der Waals surface area (Å²) in [5.41, 5.74) is -3.46. The molecule has 0 saturated carbocycles. The summed E-state index contributed by atoms with van der Waals surface area (Å²) in [7, 11) is 2.23. The van der Waals surface area contributed by atoms with Gasteiger partial charge < -0.3 is 14.2 Å². The fourth-order valence-corrected chi connectivity index (χ4v) is 3.40. The van der Waals surface area contributed by atoms with Gasteiger partial charge in [0.05, 0.1) is 13.2 Å². The molecule has 1 rings (SSSR count). The van der Waals surface area contributed by atoms with E-state index in [1.54, 1.807) is 13.0 Å². The maximum Gasteiger partial charge on any atom is 0.432 e. The third-order valence-corrected chi connectivity index (χ3v) is 5.20. The Hall–Kier alpha value is -2.09. The van der Waals surface area contributed by atoms with Crippen molar-refractivity contribution in [2.45, 2.75) is 82.6 Å². The Morgan fingerprint density at radius 3 is 1.97 bits per heavy atom. The van der Waals surface area contributed by atoms with Gasteiger partial charge in [0.15, 0.2) is 0 Å². The van der Waals surface area contributed by atoms with Crippen molar-refractivity contribution >= 4 is 11.9 Å². The Morgan fingerprint density at radius 1 is 0.903 bits per heavy atom. The summed E-state index contributed by atoms with van der Waals surface area (Å²) in [4.78, 5) is 23.6. The van der Waals surface area contributed by atoms with E-state index in [0.29, 0.717) is 12.8 Å². The van der Waals surface area contributed by atoms with Crippen LogP contribution in [-0.4, -0.2) is 38.4 Å². The molecule has 0 amide bonds. The van der Waals surface area contributed by atoms with E-state index in [0.717, 1.165) is 52.1 Å². The highest BCUT2D eigenvalue weighted by Gasteiger charge is 2.64. The number of alkyl halides is 3. The van der Waals surface area contributed by atoms with Crippen LogP contribution >= 0.6 is 0 Å². The van der Waals surface area contributed by atoms with Crippen LogP contribution in [0.5, 0.6) is 0 Å².